The Morgan fingerprint density at radius 2 is 2.20 bits per heavy atom. The molecule has 0 spiro atoms. The van der Waals surface area contributed by atoms with Gasteiger partial charge in [-0.2, -0.15) is 0 Å². The molecule has 1 aliphatic rings. The Kier molecular flexibility index (Phi) is 1.76. The van der Waals surface area contributed by atoms with Crippen LogP contribution in [0.2, 0.25) is 0 Å². The van der Waals surface area contributed by atoms with Gasteiger partial charge in [0.2, 0.25) is 0 Å². The summed E-state index contributed by atoms with van der Waals surface area (Å²) >= 11 is 0. The van der Waals surface area contributed by atoms with Gasteiger partial charge in [0.25, 0.3) is 0 Å². The van der Waals surface area contributed by atoms with Crippen molar-refractivity contribution >= 4 is 10.9 Å². The van der Waals surface area contributed by atoms with Gasteiger partial charge in [0, 0.05) is 37.3 Å². The van der Waals surface area contributed by atoms with Gasteiger partial charge in [-0.15, -0.1) is 0 Å². The summed E-state index contributed by atoms with van der Waals surface area (Å²) in [6.45, 7) is 1.96. The van der Waals surface area contributed by atoms with E-state index >= 15 is 0 Å². The summed E-state index contributed by atoms with van der Waals surface area (Å²) in [7, 11) is 3.83. The summed E-state index contributed by atoms with van der Waals surface area (Å²) in [6.07, 6.45) is 0. The highest BCUT2D eigenvalue weighted by molar-refractivity contribution is 5.87. The minimum Gasteiger partial charge on any atom is -0.497 e. The fourth-order valence-corrected chi connectivity index (χ4v) is 2.40. The molecule has 0 radical (unpaired) electrons. The maximum absolute atomic E-state index is 5.25. The number of methoxy groups -OCH3 is 1. The van der Waals surface area contributed by atoms with Gasteiger partial charge in [-0.05, 0) is 17.7 Å². The largest absolute Gasteiger partial charge is 0.497 e. The first-order valence-electron chi connectivity index (χ1n) is 5.16. The first-order chi connectivity index (χ1) is 7.31. The Bertz CT molecular complexity index is 528. The molecule has 2 aromatic rings. The Labute approximate surface area is 88.6 Å². The van der Waals surface area contributed by atoms with Gasteiger partial charge in [-0.3, -0.25) is 0 Å². The molecular weight excluding hydrogens is 188 g/mol. The third kappa shape index (κ3) is 1.10. The monoisotopic (exact) mass is 202 g/mol. The second-order valence-corrected chi connectivity index (χ2v) is 3.97. The smallest absolute Gasteiger partial charge is 0.120 e. The number of hydrogen-bond donors (Lipinski definition) is 1. The number of aromatic nitrogens is 1. The molecule has 1 aromatic heterocycles. The number of hydrogen-bond acceptors (Lipinski definition) is 2. The minimum atomic E-state index is 0.926. The third-order valence-corrected chi connectivity index (χ3v) is 3.24. The average Bonchev–Trinajstić information content (AvgIpc) is 2.83. The quantitative estimate of drug-likeness (QED) is 0.763. The molecule has 3 rings (SSSR count). The van der Waals surface area contributed by atoms with E-state index < -0.39 is 0 Å². The first-order valence-corrected chi connectivity index (χ1v) is 5.16. The standard InChI is InChI=1S/C12H14N2O/c1-14-11-5-8(15-2)3-4-9(11)10-6-13-7-12(10)14/h3-5,13H,6-7H2,1-2H3. The number of fused-ring (bicyclic) bond motifs is 3. The Morgan fingerprint density at radius 1 is 1.33 bits per heavy atom. The second kappa shape index (κ2) is 3.00. The van der Waals surface area contributed by atoms with Crippen molar-refractivity contribution in [3.05, 3.63) is 29.5 Å². The molecule has 15 heavy (non-hydrogen) atoms. The van der Waals surface area contributed by atoms with E-state index in [1.54, 1.807) is 7.11 Å². The lowest BCUT2D eigenvalue weighted by atomic mass is 10.1. The second-order valence-electron chi connectivity index (χ2n) is 3.97. The van der Waals surface area contributed by atoms with Gasteiger partial charge in [-0.25, -0.2) is 0 Å². The zero-order chi connectivity index (χ0) is 10.4. The van der Waals surface area contributed by atoms with Crippen molar-refractivity contribution in [1.82, 2.24) is 9.88 Å². The highest BCUT2D eigenvalue weighted by Crippen LogP contribution is 2.30. The molecule has 0 unspecified atom stereocenters. The highest BCUT2D eigenvalue weighted by Gasteiger charge is 2.19. The lowest BCUT2D eigenvalue weighted by Crippen LogP contribution is -2.04. The molecule has 0 fully saturated rings. The van der Waals surface area contributed by atoms with Crippen molar-refractivity contribution in [3.8, 4) is 5.75 Å². The molecule has 0 aliphatic carbocycles. The lowest BCUT2D eigenvalue weighted by Gasteiger charge is -2.03. The van der Waals surface area contributed by atoms with Crippen molar-refractivity contribution in [2.24, 2.45) is 7.05 Å². The Hall–Kier alpha value is -1.48. The number of nitrogens with one attached hydrogen (secondary N) is 1. The van der Waals surface area contributed by atoms with Crippen molar-refractivity contribution in [2.75, 3.05) is 7.11 Å². The van der Waals surface area contributed by atoms with Crippen molar-refractivity contribution < 1.29 is 4.74 Å². The van der Waals surface area contributed by atoms with Gasteiger partial charge < -0.3 is 14.6 Å². The molecule has 2 heterocycles. The normalized spacial score (nSPS) is 14.5. The zero-order valence-corrected chi connectivity index (χ0v) is 9.00. The molecule has 0 amide bonds. The van der Waals surface area contributed by atoms with Crippen molar-refractivity contribution in [3.63, 3.8) is 0 Å². The summed E-state index contributed by atoms with van der Waals surface area (Å²) < 4.78 is 7.51. The molecule has 78 valence electrons. The van der Waals surface area contributed by atoms with Crippen LogP contribution < -0.4 is 10.1 Å². The summed E-state index contributed by atoms with van der Waals surface area (Å²) in [5, 5.41) is 4.72. The molecule has 1 aromatic carbocycles. The predicted molar refractivity (Wildman–Crippen MR) is 60.0 cm³/mol. The van der Waals surface area contributed by atoms with E-state index in [9.17, 15) is 0 Å². The van der Waals surface area contributed by atoms with E-state index in [0.29, 0.717) is 0 Å². The van der Waals surface area contributed by atoms with Crippen LogP contribution in [-0.2, 0) is 20.1 Å². The molecule has 1 aliphatic heterocycles. The van der Waals surface area contributed by atoms with Crippen LogP contribution in [0.25, 0.3) is 10.9 Å². The summed E-state index contributed by atoms with van der Waals surface area (Å²) in [6, 6.07) is 6.29. The van der Waals surface area contributed by atoms with Crippen LogP contribution in [0.1, 0.15) is 11.3 Å². The maximum Gasteiger partial charge on any atom is 0.120 e. The number of rotatable bonds is 1. The number of benzene rings is 1. The fraction of sp³-hybridized carbons (Fsp3) is 0.333. The number of aryl methyl sites for hydroxylation is 1. The van der Waals surface area contributed by atoms with E-state index in [2.05, 4.69) is 29.1 Å². The number of ether oxygens (including phenoxy) is 1. The summed E-state index contributed by atoms with van der Waals surface area (Å²) in [5.41, 5.74) is 4.11. The van der Waals surface area contributed by atoms with Crippen molar-refractivity contribution in [2.45, 2.75) is 13.1 Å². The first kappa shape index (κ1) is 8.80. The molecule has 0 atom stereocenters. The van der Waals surface area contributed by atoms with Gasteiger partial charge in [0.05, 0.1) is 12.6 Å². The minimum absolute atomic E-state index is 0.926. The molecular formula is C12H14N2O. The summed E-state index contributed by atoms with van der Waals surface area (Å²) in [4.78, 5) is 0. The van der Waals surface area contributed by atoms with Gasteiger partial charge >= 0.3 is 0 Å². The van der Waals surface area contributed by atoms with Crippen LogP contribution in [0.3, 0.4) is 0 Å². The Morgan fingerprint density at radius 3 is 3.00 bits per heavy atom. The molecule has 1 N–H and O–H groups in total. The van der Waals surface area contributed by atoms with E-state index in [4.69, 9.17) is 4.74 Å². The predicted octanol–water partition coefficient (Wildman–Crippen LogP) is 1.79. The van der Waals surface area contributed by atoms with Crippen molar-refractivity contribution in [1.29, 1.82) is 0 Å². The van der Waals surface area contributed by atoms with Crippen LogP contribution in [0, 0.1) is 0 Å². The zero-order valence-electron chi connectivity index (χ0n) is 9.00. The van der Waals surface area contributed by atoms with E-state index in [-0.39, 0.29) is 0 Å². The van der Waals surface area contributed by atoms with E-state index in [1.807, 2.05) is 6.07 Å². The molecule has 0 saturated carbocycles. The number of nitrogens with zero attached hydrogens (tertiary/aromatic N) is 1. The highest BCUT2D eigenvalue weighted by atomic mass is 16.5. The summed E-state index contributed by atoms with van der Waals surface area (Å²) in [5.74, 6) is 0.926. The van der Waals surface area contributed by atoms with Crippen LogP contribution in [0.4, 0.5) is 0 Å². The van der Waals surface area contributed by atoms with Crippen LogP contribution in [0.5, 0.6) is 5.75 Å². The van der Waals surface area contributed by atoms with Gasteiger partial charge in [0.1, 0.15) is 5.75 Å². The maximum atomic E-state index is 5.25. The average molecular weight is 202 g/mol. The molecule has 3 heteroatoms. The van der Waals surface area contributed by atoms with Gasteiger partial charge in [-0.1, -0.05) is 0 Å². The van der Waals surface area contributed by atoms with E-state index in [1.165, 1.54) is 22.2 Å². The fourth-order valence-electron chi connectivity index (χ4n) is 2.40. The Balaban J connectivity index is 2.34. The molecule has 3 nitrogen and oxygen atoms in total. The van der Waals surface area contributed by atoms with Crippen LogP contribution in [0.15, 0.2) is 18.2 Å². The molecule has 0 saturated heterocycles. The SMILES string of the molecule is COc1ccc2c3c(n(C)c2c1)CNC3. The topological polar surface area (TPSA) is 26.2 Å². The van der Waals surface area contributed by atoms with Gasteiger partial charge in [0.15, 0.2) is 0 Å². The van der Waals surface area contributed by atoms with Crippen LogP contribution in [-0.4, -0.2) is 11.7 Å². The third-order valence-electron chi connectivity index (χ3n) is 3.24. The lowest BCUT2D eigenvalue weighted by molar-refractivity contribution is 0.415. The van der Waals surface area contributed by atoms with Crippen LogP contribution >= 0.6 is 0 Å². The van der Waals surface area contributed by atoms with E-state index in [0.717, 1.165) is 18.8 Å². The molecule has 0 bridgehead atoms.